The number of pyridine rings is 1. The number of allylic oxidation sites excluding steroid dienone is 2. The van der Waals surface area contributed by atoms with Crippen molar-refractivity contribution in [3.05, 3.63) is 35.2 Å². The third kappa shape index (κ3) is 4.96. The fourth-order valence-corrected chi connectivity index (χ4v) is 6.12. The molecule has 3 saturated carbocycles. The number of alkyl halides is 3. The molecule has 9 heteroatoms. The average Bonchev–Trinajstić information content (AvgIpc) is 3.44. The van der Waals surface area contributed by atoms with Gasteiger partial charge < -0.3 is 15.8 Å². The molecule has 2 bridgehead atoms. The van der Waals surface area contributed by atoms with Crippen LogP contribution in [0.5, 0.6) is 0 Å². The Morgan fingerprint density at radius 1 is 1.24 bits per heavy atom. The summed E-state index contributed by atoms with van der Waals surface area (Å²) in [6.45, 7) is 4.57. The maximum atomic E-state index is 13.4. The van der Waals surface area contributed by atoms with Crippen molar-refractivity contribution in [2.24, 2.45) is 28.7 Å². The minimum atomic E-state index is -4.55. The number of fused-ring (bicyclic) bond motifs is 2. The van der Waals surface area contributed by atoms with Gasteiger partial charge in [0.2, 0.25) is 0 Å². The largest absolute Gasteiger partial charge is 0.419 e. The zero-order chi connectivity index (χ0) is 23.9. The van der Waals surface area contributed by atoms with Crippen LogP contribution in [0.3, 0.4) is 0 Å². The molecule has 0 spiro atoms. The van der Waals surface area contributed by atoms with Gasteiger partial charge in [0, 0.05) is 56.1 Å². The number of anilines is 1. The van der Waals surface area contributed by atoms with Gasteiger partial charge in [-0.25, -0.2) is 4.98 Å². The van der Waals surface area contributed by atoms with Crippen LogP contribution in [-0.2, 0) is 10.9 Å². The van der Waals surface area contributed by atoms with Crippen molar-refractivity contribution in [3.63, 3.8) is 0 Å². The van der Waals surface area contributed by atoms with Gasteiger partial charge >= 0.3 is 6.18 Å². The van der Waals surface area contributed by atoms with E-state index in [1.165, 1.54) is 31.9 Å². The number of hydrogen-bond donors (Lipinski definition) is 2. The number of nitrogens with zero attached hydrogens (tertiary/aromatic N) is 3. The number of aromatic nitrogens is 1. The fraction of sp³-hybridized carbons (Fsp3) is 0.680. The second-order valence-corrected chi connectivity index (χ2v) is 10.2. The van der Waals surface area contributed by atoms with Crippen LogP contribution in [0, 0.1) is 23.7 Å². The van der Waals surface area contributed by atoms with E-state index >= 15 is 0 Å². The van der Waals surface area contributed by atoms with Crippen molar-refractivity contribution in [3.8, 4) is 0 Å². The molecular weight excluding hydrogens is 443 g/mol. The second kappa shape index (κ2) is 9.49. The molecule has 2 heterocycles. The zero-order valence-corrected chi connectivity index (χ0v) is 19.7. The van der Waals surface area contributed by atoms with Gasteiger partial charge in [-0.2, -0.15) is 13.2 Å². The molecule has 5 rings (SSSR count). The predicted octanol–water partition coefficient (Wildman–Crippen LogP) is 3.73. The molecule has 4 fully saturated rings. The Balaban J connectivity index is 1.37. The Hall–Kier alpha value is -2.13. The van der Waals surface area contributed by atoms with E-state index in [0.29, 0.717) is 41.0 Å². The van der Waals surface area contributed by atoms with Crippen LogP contribution in [0.25, 0.3) is 0 Å². The number of nitrogen functional groups attached to an aromatic ring is 1. The Morgan fingerprint density at radius 3 is 2.62 bits per heavy atom. The second-order valence-electron chi connectivity index (χ2n) is 10.2. The molecule has 1 saturated heterocycles. The minimum absolute atomic E-state index is 0.337. The van der Waals surface area contributed by atoms with Gasteiger partial charge in [-0.1, -0.05) is 0 Å². The Bertz CT molecular complexity index is 952. The molecule has 6 nitrogen and oxygen atoms in total. The molecule has 1 aliphatic heterocycles. The van der Waals surface area contributed by atoms with Crippen LogP contribution in [0.15, 0.2) is 29.0 Å². The van der Waals surface area contributed by atoms with Crippen LogP contribution >= 0.6 is 0 Å². The molecule has 1 aromatic rings. The third-order valence-corrected chi connectivity index (χ3v) is 8.08. The molecule has 3 aliphatic carbocycles. The van der Waals surface area contributed by atoms with Crippen LogP contribution in [0.1, 0.15) is 43.2 Å². The molecule has 34 heavy (non-hydrogen) atoms. The lowest BCUT2D eigenvalue weighted by atomic mass is 9.82. The topological polar surface area (TPSA) is 75.8 Å². The summed E-state index contributed by atoms with van der Waals surface area (Å²) in [4.78, 5) is 10.8. The van der Waals surface area contributed by atoms with Crippen molar-refractivity contribution < 1.29 is 17.9 Å². The molecule has 3 unspecified atom stereocenters. The van der Waals surface area contributed by atoms with Gasteiger partial charge in [-0.15, -0.1) is 0 Å². The maximum absolute atomic E-state index is 13.4. The van der Waals surface area contributed by atoms with E-state index in [2.05, 4.69) is 20.2 Å². The fourth-order valence-electron chi connectivity index (χ4n) is 6.12. The summed E-state index contributed by atoms with van der Waals surface area (Å²) in [5, 5.41) is 3.67. The minimum Gasteiger partial charge on any atom is -0.388 e. The molecule has 0 radical (unpaired) electrons. The highest BCUT2D eigenvalue weighted by Crippen LogP contribution is 2.52. The summed E-state index contributed by atoms with van der Waals surface area (Å²) in [7, 11) is 1.61. The van der Waals surface area contributed by atoms with E-state index in [0.717, 1.165) is 51.0 Å². The maximum Gasteiger partial charge on any atom is 0.419 e. The van der Waals surface area contributed by atoms with Crippen LogP contribution in [0.2, 0.25) is 0 Å². The Kier molecular flexibility index (Phi) is 6.59. The number of aliphatic imine (C=N–C) groups is 1. The highest BCUT2D eigenvalue weighted by molar-refractivity contribution is 6.09. The molecule has 3 N–H and O–H groups in total. The number of nitrogens with one attached hydrogen (secondary N) is 1. The standard InChI is InChI=1S/C25H34F3N5O/c1-30-21(18-10-20(25(26,27)28)24(29)32-14-18)12-22(31-13-15-2-3-15)19-9-17-8-16(19)11-23(17)33-4-6-34-7-5-33/h10,12,14-17,19,23,31H,2-9,11,13H2,1H3,(H2,29,32)/b22-12-,30-21?/t16-,17?,19?,23?/m1/s1. The summed E-state index contributed by atoms with van der Waals surface area (Å²) in [6.07, 6.45) is 4.78. The Morgan fingerprint density at radius 2 is 2.00 bits per heavy atom. The van der Waals surface area contributed by atoms with Crippen LogP contribution in [-0.4, -0.2) is 61.5 Å². The van der Waals surface area contributed by atoms with Crippen molar-refractivity contribution in [2.45, 2.75) is 44.3 Å². The Labute approximate surface area is 198 Å². The van der Waals surface area contributed by atoms with Crippen molar-refractivity contribution in [1.29, 1.82) is 0 Å². The predicted molar refractivity (Wildman–Crippen MR) is 125 cm³/mol. The number of ether oxygens (including phenoxy) is 1. The molecule has 186 valence electrons. The first-order valence-electron chi connectivity index (χ1n) is 12.4. The van der Waals surface area contributed by atoms with E-state index in [-0.39, 0.29) is 0 Å². The quantitative estimate of drug-likeness (QED) is 0.586. The first kappa shape index (κ1) is 23.6. The molecule has 4 aliphatic rings. The van der Waals surface area contributed by atoms with Crippen molar-refractivity contribution >= 4 is 11.5 Å². The number of rotatable bonds is 7. The van der Waals surface area contributed by atoms with E-state index in [1.54, 1.807) is 7.05 Å². The summed E-state index contributed by atoms with van der Waals surface area (Å²) in [5.74, 6) is 1.83. The van der Waals surface area contributed by atoms with Gasteiger partial charge in [0.05, 0.1) is 24.5 Å². The third-order valence-electron chi connectivity index (χ3n) is 8.08. The van der Waals surface area contributed by atoms with Gasteiger partial charge in [0.15, 0.2) is 0 Å². The number of nitrogens with two attached hydrogens (primary N) is 1. The monoisotopic (exact) mass is 477 g/mol. The first-order valence-corrected chi connectivity index (χ1v) is 12.4. The van der Waals surface area contributed by atoms with E-state index in [4.69, 9.17) is 10.5 Å². The summed E-state index contributed by atoms with van der Waals surface area (Å²) in [5.41, 5.74) is 6.55. The highest BCUT2D eigenvalue weighted by Gasteiger charge is 2.49. The SMILES string of the molecule is CN=C(/C=C(\NCC1CC1)C1CC2C[C@@H]1CC2N1CCOCC1)c1cnc(N)c(C(F)(F)F)c1. The lowest BCUT2D eigenvalue weighted by molar-refractivity contribution is -0.137. The van der Waals surface area contributed by atoms with Crippen LogP contribution < -0.4 is 11.1 Å². The molecule has 4 atom stereocenters. The summed E-state index contributed by atoms with van der Waals surface area (Å²) in [6, 6.07) is 1.69. The normalized spacial score (nSPS) is 30.7. The lowest BCUT2D eigenvalue weighted by Gasteiger charge is -2.39. The number of morpholine rings is 1. The number of hydrogen-bond acceptors (Lipinski definition) is 6. The highest BCUT2D eigenvalue weighted by atomic mass is 19.4. The molecule has 0 aromatic carbocycles. The van der Waals surface area contributed by atoms with Crippen molar-refractivity contribution in [1.82, 2.24) is 15.2 Å². The van der Waals surface area contributed by atoms with Gasteiger partial charge in [0.25, 0.3) is 0 Å². The van der Waals surface area contributed by atoms with E-state index in [9.17, 15) is 13.2 Å². The van der Waals surface area contributed by atoms with E-state index in [1.807, 2.05) is 6.08 Å². The van der Waals surface area contributed by atoms with Gasteiger partial charge in [0.1, 0.15) is 5.82 Å². The average molecular weight is 478 g/mol. The van der Waals surface area contributed by atoms with E-state index < -0.39 is 17.6 Å². The smallest absolute Gasteiger partial charge is 0.388 e. The summed E-state index contributed by atoms with van der Waals surface area (Å²) < 4.78 is 45.8. The van der Waals surface area contributed by atoms with Gasteiger partial charge in [-0.05, 0) is 62.0 Å². The number of halogens is 3. The molecular formula is C25H34F3N5O. The molecule has 0 amide bonds. The van der Waals surface area contributed by atoms with Crippen molar-refractivity contribution in [2.75, 3.05) is 45.6 Å². The first-order chi connectivity index (χ1) is 16.3. The zero-order valence-electron chi connectivity index (χ0n) is 19.7. The van der Waals surface area contributed by atoms with Gasteiger partial charge in [-0.3, -0.25) is 9.89 Å². The van der Waals surface area contributed by atoms with Crippen LogP contribution in [0.4, 0.5) is 19.0 Å². The molecule has 1 aromatic heterocycles. The lowest BCUT2D eigenvalue weighted by Crippen LogP contribution is -2.46. The summed E-state index contributed by atoms with van der Waals surface area (Å²) >= 11 is 0.